The molecule has 0 saturated heterocycles. The number of aliphatic hydroxyl groups excluding tert-OH is 1. The second-order valence-electron chi connectivity index (χ2n) is 25.6. The lowest BCUT2D eigenvalue weighted by Gasteiger charge is -2.34. The molecule has 0 heterocycles. The first-order valence-corrected chi connectivity index (χ1v) is 37.0. The molecule has 470 valence electrons. The van der Waals surface area contributed by atoms with Crippen molar-refractivity contribution in [2.45, 2.75) is 443 Å². The average Bonchev–Trinajstić information content (AvgIpc) is 3.46. The van der Waals surface area contributed by atoms with E-state index in [1.807, 2.05) is 0 Å². The molecule has 0 bridgehead atoms. The zero-order chi connectivity index (χ0) is 57.1. The van der Waals surface area contributed by atoms with Gasteiger partial charge in [0, 0.05) is 6.61 Å². The minimum Gasteiger partial charge on any atom is -0.390 e. The Bertz CT molecular complexity index is 1150. The van der Waals surface area contributed by atoms with Crippen LogP contribution in [-0.2, 0) is 9.47 Å². The van der Waals surface area contributed by atoms with E-state index in [9.17, 15) is 5.11 Å². The summed E-state index contributed by atoms with van der Waals surface area (Å²) in [5.74, 6) is 0. The molecule has 0 aromatic heterocycles. The number of allylic oxidation sites excluding steroid dienone is 4. The Balaban J connectivity index is 5.44. The van der Waals surface area contributed by atoms with Crippen molar-refractivity contribution in [2.75, 3.05) is 6.61 Å². The highest BCUT2D eigenvalue weighted by Gasteiger charge is 2.29. The molecule has 0 aliphatic rings. The van der Waals surface area contributed by atoms with Gasteiger partial charge in [-0.05, 0) is 83.5 Å². The third kappa shape index (κ3) is 61.5. The summed E-state index contributed by atoms with van der Waals surface area (Å²) in [5, 5.41) is 12.1. The van der Waals surface area contributed by atoms with Crippen LogP contribution in [0.4, 0.5) is 0 Å². The summed E-state index contributed by atoms with van der Waals surface area (Å²) in [7, 11) is 0. The molecule has 0 saturated carbocycles. The molecule has 0 radical (unpaired) electrons. The van der Waals surface area contributed by atoms with Crippen molar-refractivity contribution in [1.29, 1.82) is 0 Å². The van der Waals surface area contributed by atoms with Crippen molar-refractivity contribution in [3.8, 4) is 0 Å². The molecule has 0 aromatic carbocycles. The van der Waals surface area contributed by atoms with Crippen LogP contribution in [0.1, 0.15) is 419 Å². The summed E-state index contributed by atoms with van der Waals surface area (Å²) in [6.07, 6.45) is 90.8. The number of unbranched alkanes of at least 4 members (excludes halogenated alkanes) is 52. The van der Waals surface area contributed by atoms with Gasteiger partial charge in [0.2, 0.25) is 0 Å². The molecule has 3 heteroatoms. The third-order valence-electron chi connectivity index (χ3n) is 17.7. The van der Waals surface area contributed by atoms with Gasteiger partial charge in [-0.1, -0.05) is 360 Å². The lowest BCUT2D eigenvalue weighted by molar-refractivity contribution is -0.140. The van der Waals surface area contributed by atoms with Crippen molar-refractivity contribution < 1.29 is 14.6 Å². The van der Waals surface area contributed by atoms with Crippen LogP contribution in [-0.4, -0.2) is 36.1 Å². The third-order valence-corrected chi connectivity index (χ3v) is 17.7. The van der Waals surface area contributed by atoms with E-state index in [-0.39, 0.29) is 24.4 Å². The standard InChI is InChI=1S/C76H148O3/c1-6-11-16-21-26-29-32-35-38-41-43-46-49-52-55-58-63-68-73(77)74(69-64-59-24-19-14-9-4)79-76(71-66-61-56-53-50-47-44-42-39-36-33-30-27-22-17-12-7-2)75(70-65-60-25-20-15-10-5)78-72-67-62-57-54-51-48-45-40-37-34-31-28-23-18-13-8-3/h6-7,37,40,73-77H,1-2,8-36,38-39,41-72H2,3-5H3/b40-37-. The van der Waals surface area contributed by atoms with Crippen LogP contribution in [0.2, 0.25) is 0 Å². The van der Waals surface area contributed by atoms with E-state index in [1.165, 1.54) is 360 Å². The summed E-state index contributed by atoms with van der Waals surface area (Å²) < 4.78 is 14.5. The molecule has 4 unspecified atom stereocenters. The number of rotatable bonds is 71. The zero-order valence-electron chi connectivity index (χ0n) is 54.8. The highest BCUT2D eigenvalue weighted by atomic mass is 16.6. The van der Waals surface area contributed by atoms with Crippen molar-refractivity contribution in [1.82, 2.24) is 0 Å². The van der Waals surface area contributed by atoms with Gasteiger partial charge in [0.25, 0.3) is 0 Å². The molecular formula is C76H148O3. The van der Waals surface area contributed by atoms with E-state index >= 15 is 0 Å². The summed E-state index contributed by atoms with van der Waals surface area (Å²) in [4.78, 5) is 0. The molecule has 0 rings (SSSR count). The van der Waals surface area contributed by atoms with Gasteiger partial charge in [-0.3, -0.25) is 0 Å². The maximum Gasteiger partial charge on any atom is 0.0841 e. The molecular weight excluding hydrogens is 961 g/mol. The molecule has 0 aromatic rings. The molecule has 79 heavy (non-hydrogen) atoms. The lowest BCUT2D eigenvalue weighted by Crippen LogP contribution is -2.40. The Kier molecular flexibility index (Phi) is 68.8. The minimum absolute atomic E-state index is 0.0724. The van der Waals surface area contributed by atoms with Gasteiger partial charge in [-0.15, -0.1) is 13.2 Å². The SMILES string of the molecule is C=CCCCCCCCCCCCCCCCCCC(O)C(CCCCCCCC)OC(CCCCCCCCCCCCCCCCCC=C)C(CCCCCCCC)OCCCCCCCC/C=C\CCCCCCCC. The van der Waals surface area contributed by atoms with Crippen LogP contribution < -0.4 is 0 Å². The molecule has 1 N–H and O–H groups in total. The van der Waals surface area contributed by atoms with E-state index in [2.05, 4.69) is 58.2 Å². The fourth-order valence-corrected chi connectivity index (χ4v) is 12.2. The Morgan fingerprint density at radius 3 is 0.823 bits per heavy atom. The summed E-state index contributed by atoms with van der Waals surface area (Å²) in [6, 6.07) is 0. The van der Waals surface area contributed by atoms with E-state index in [0.29, 0.717) is 0 Å². The molecule has 0 aliphatic carbocycles. The van der Waals surface area contributed by atoms with Gasteiger partial charge >= 0.3 is 0 Å². The lowest BCUT2D eigenvalue weighted by atomic mass is 9.96. The molecule has 0 spiro atoms. The first-order chi connectivity index (χ1) is 39.1. The van der Waals surface area contributed by atoms with Crippen molar-refractivity contribution in [3.63, 3.8) is 0 Å². The number of hydrogen-bond acceptors (Lipinski definition) is 3. The van der Waals surface area contributed by atoms with Crippen LogP contribution in [0.3, 0.4) is 0 Å². The van der Waals surface area contributed by atoms with Crippen LogP contribution in [0.25, 0.3) is 0 Å². The van der Waals surface area contributed by atoms with Gasteiger partial charge < -0.3 is 14.6 Å². The molecule has 0 amide bonds. The molecule has 3 nitrogen and oxygen atoms in total. The maximum absolute atomic E-state index is 12.1. The number of aliphatic hydroxyl groups is 1. The largest absolute Gasteiger partial charge is 0.390 e. The molecule has 0 aliphatic heterocycles. The smallest absolute Gasteiger partial charge is 0.0841 e. The predicted octanol–water partition coefficient (Wildman–Crippen LogP) is 26.7. The summed E-state index contributed by atoms with van der Waals surface area (Å²) >= 11 is 0. The Morgan fingerprint density at radius 2 is 0.506 bits per heavy atom. The molecule has 4 atom stereocenters. The first-order valence-electron chi connectivity index (χ1n) is 37.0. The minimum atomic E-state index is -0.372. The average molecular weight is 1110 g/mol. The highest BCUT2D eigenvalue weighted by Crippen LogP contribution is 2.27. The van der Waals surface area contributed by atoms with Gasteiger partial charge in [0.05, 0.1) is 24.4 Å². The maximum atomic E-state index is 12.1. The normalized spacial score (nSPS) is 13.4. The fourth-order valence-electron chi connectivity index (χ4n) is 12.2. The first kappa shape index (κ1) is 78.1. The Hall–Kier alpha value is -0.900. The van der Waals surface area contributed by atoms with E-state index in [4.69, 9.17) is 9.47 Å². The topological polar surface area (TPSA) is 38.7 Å². The van der Waals surface area contributed by atoms with Crippen molar-refractivity contribution >= 4 is 0 Å². The van der Waals surface area contributed by atoms with Crippen LogP contribution in [0.5, 0.6) is 0 Å². The summed E-state index contributed by atoms with van der Waals surface area (Å²) in [5.41, 5.74) is 0. The zero-order valence-corrected chi connectivity index (χ0v) is 54.8. The van der Waals surface area contributed by atoms with Crippen LogP contribution in [0, 0.1) is 0 Å². The van der Waals surface area contributed by atoms with Crippen LogP contribution in [0.15, 0.2) is 37.5 Å². The fraction of sp³-hybridized carbons (Fsp3) is 0.921. The van der Waals surface area contributed by atoms with Crippen molar-refractivity contribution in [2.24, 2.45) is 0 Å². The van der Waals surface area contributed by atoms with E-state index in [0.717, 1.165) is 45.1 Å². The summed E-state index contributed by atoms with van der Waals surface area (Å²) in [6.45, 7) is 15.5. The van der Waals surface area contributed by atoms with Gasteiger partial charge in [-0.25, -0.2) is 0 Å². The van der Waals surface area contributed by atoms with Gasteiger partial charge in [-0.2, -0.15) is 0 Å². The quantitative estimate of drug-likeness (QED) is 0.0487. The van der Waals surface area contributed by atoms with Crippen LogP contribution >= 0.6 is 0 Å². The Labute approximate surface area is 499 Å². The number of hydrogen-bond donors (Lipinski definition) is 1. The second kappa shape index (κ2) is 69.6. The highest BCUT2D eigenvalue weighted by molar-refractivity contribution is 4.82. The monoisotopic (exact) mass is 1110 g/mol. The predicted molar refractivity (Wildman–Crippen MR) is 357 cm³/mol. The second-order valence-corrected chi connectivity index (χ2v) is 25.6. The number of ether oxygens (including phenoxy) is 2. The Morgan fingerprint density at radius 1 is 0.266 bits per heavy atom. The van der Waals surface area contributed by atoms with Crippen molar-refractivity contribution in [3.05, 3.63) is 37.5 Å². The van der Waals surface area contributed by atoms with Gasteiger partial charge in [0.1, 0.15) is 0 Å². The van der Waals surface area contributed by atoms with Gasteiger partial charge in [0.15, 0.2) is 0 Å². The van der Waals surface area contributed by atoms with E-state index in [1.54, 1.807) is 0 Å². The van der Waals surface area contributed by atoms with E-state index < -0.39 is 0 Å². The molecule has 0 fully saturated rings.